The molecule has 0 unspecified atom stereocenters. The Kier molecular flexibility index (Phi) is 9.52. The predicted molar refractivity (Wildman–Crippen MR) is 114 cm³/mol. The second kappa shape index (κ2) is 11.6. The maximum absolute atomic E-state index is 6.14. The van der Waals surface area contributed by atoms with E-state index in [1.54, 1.807) is 7.11 Å². The number of nitrogens with zero attached hydrogens (tertiary/aromatic N) is 3. The van der Waals surface area contributed by atoms with Crippen LogP contribution in [0, 0.1) is 0 Å². The van der Waals surface area contributed by atoms with Gasteiger partial charge in [-0.2, -0.15) is 0 Å². The van der Waals surface area contributed by atoms with Crippen molar-refractivity contribution in [2.24, 2.45) is 0 Å². The van der Waals surface area contributed by atoms with Crippen LogP contribution in [0.5, 0.6) is 0 Å². The van der Waals surface area contributed by atoms with E-state index in [1.807, 2.05) is 0 Å². The number of anilines is 1. The van der Waals surface area contributed by atoms with Gasteiger partial charge < -0.3 is 15.4 Å². The molecule has 0 atom stereocenters. The molecule has 5 nitrogen and oxygen atoms in total. The van der Waals surface area contributed by atoms with Crippen molar-refractivity contribution in [1.82, 2.24) is 14.9 Å². The molecule has 0 spiro atoms. The molecule has 0 aromatic carbocycles. The molecule has 27 heavy (non-hydrogen) atoms. The van der Waals surface area contributed by atoms with Crippen molar-refractivity contribution in [1.29, 1.82) is 0 Å². The van der Waals surface area contributed by atoms with E-state index in [0.717, 1.165) is 36.3 Å². The zero-order valence-corrected chi connectivity index (χ0v) is 17.5. The summed E-state index contributed by atoms with van der Waals surface area (Å²) in [4.78, 5) is 11.8. The van der Waals surface area contributed by atoms with Gasteiger partial charge in [-0.3, -0.25) is 0 Å². The number of hydrogen-bond acceptors (Lipinski definition) is 5. The SMILES string of the molecule is COCCc1nc(N)c2c(n1)C(CCCCCCN1CCCCC1)=CC2.Cl. The summed E-state index contributed by atoms with van der Waals surface area (Å²) in [6.45, 7) is 4.55. The lowest BCUT2D eigenvalue weighted by molar-refractivity contribution is 0.200. The second-order valence-corrected chi connectivity index (χ2v) is 7.60. The van der Waals surface area contributed by atoms with E-state index in [-0.39, 0.29) is 12.4 Å². The zero-order valence-electron chi connectivity index (χ0n) is 16.7. The van der Waals surface area contributed by atoms with Crippen molar-refractivity contribution in [3.63, 3.8) is 0 Å². The van der Waals surface area contributed by atoms with Crippen LogP contribution >= 0.6 is 12.4 Å². The van der Waals surface area contributed by atoms with Crippen LogP contribution in [-0.2, 0) is 17.6 Å². The van der Waals surface area contributed by atoms with Crippen LogP contribution < -0.4 is 5.73 Å². The third-order valence-corrected chi connectivity index (χ3v) is 5.59. The van der Waals surface area contributed by atoms with Crippen LogP contribution in [0.4, 0.5) is 5.82 Å². The standard InChI is InChI=1S/C21H34N4O.ClH/c1-26-16-12-19-23-20-17(10-11-18(20)21(22)24-19)9-5-2-3-6-13-25-14-7-4-8-15-25;/h10H,2-9,11-16H2,1H3,(H2,22,23,24);1H. The van der Waals surface area contributed by atoms with Crippen LogP contribution in [0.1, 0.15) is 68.4 Å². The smallest absolute Gasteiger partial charge is 0.133 e. The van der Waals surface area contributed by atoms with Gasteiger partial charge in [-0.15, -0.1) is 12.4 Å². The van der Waals surface area contributed by atoms with Gasteiger partial charge >= 0.3 is 0 Å². The van der Waals surface area contributed by atoms with Gasteiger partial charge in [0.1, 0.15) is 11.6 Å². The van der Waals surface area contributed by atoms with Crippen LogP contribution in [0.2, 0.25) is 0 Å². The first-order valence-electron chi connectivity index (χ1n) is 10.3. The van der Waals surface area contributed by atoms with Gasteiger partial charge in [-0.1, -0.05) is 25.3 Å². The monoisotopic (exact) mass is 394 g/mol. The largest absolute Gasteiger partial charge is 0.384 e. The van der Waals surface area contributed by atoms with E-state index in [0.29, 0.717) is 12.4 Å². The molecule has 152 valence electrons. The highest BCUT2D eigenvalue weighted by atomic mass is 35.5. The van der Waals surface area contributed by atoms with Gasteiger partial charge in [-0.25, -0.2) is 9.97 Å². The molecule has 1 aliphatic carbocycles. The summed E-state index contributed by atoms with van der Waals surface area (Å²) in [6.07, 6.45) is 14.4. The van der Waals surface area contributed by atoms with Crippen molar-refractivity contribution >= 4 is 23.8 Å². The molecule has 0 amide bonds. The van der Waals surface area contributed by atoms with E-state index in [1.165, 1.54) is 70.2 Å². The first-order chi connectivity index (χ1) is 12.8. The molecule has 1 saturated heterocycles. The highest BCUT2D eigenvalue weighted by molar-refractivity contribution is 5.85. The molecular weight excluding hydrogens is 360 g/mol. The van der Waals surface area contributed by atoms with Gasteiger partial charge in [0.25, 0.3) is 0 Å². The Morgan fingerprint density at radius 1 is 1.04 bits per heavy atom. The Labute approximate surface area is 170 Å². The van der Waals surface area contributed by atoms with Gasteiger partial charge in [0.05, 0.1) is 12.3 Å². The van der Waals surface area contributed by atoms with Crippen molar-refractivity contribution in [2.75, 3.05) is 39.1 Å². The van der Waals surface area contributed by atoms with Gasteiger partial charge in [-0.05, 0) is 63.7 Å². The first kappa shape index (κ1) is 22.1. The lowest BCUT2D eigenvalue weighted by Crippen LogP contribution is -2.30. The topological polar surface area (TPSA) is 64.3 Å². The number of nitrogens with two attached hydrogens (primary N) is 1. The summed E-state index contributed by atoms with van der Waals surface area (Å²) >= 11 is 0. The summed E-state index contributed by atoms with van der Waals surface area (Å²) in [5, 5.41) is 0. The summed E-state index contributed by atoms with van der Waals surface area (Å²) in [5.74, 6) is 1.45. The summed E-state index contributed by atoms with van der Waals surface area (Å²) in [5.41, 5.74) is 9.72. The normalized spacial score (nSPS) is 16.7. The zero-order chi connectivity index (χ0) is 18.2. The maximum Gasteiger partial charge on any atom is 0.133 e. The number of hydrogen-bond donors (Lipinski definition) is 1. The number of rotatable bonds is 10. The number of nitrogen functional groups attached to an aromatic ring is 1. The number of methoxy groups -OCH3 is 1. The van der Waals surface area contributed by atoms with Crippen LogP contribution in [0.3, 0.4) is 0 Å². The van der Waals surface area contributed by atoms with Crippen molar-refractivity contribution < 1.29 is 4.74 Å². The van der Waals surface area contributed by atoms with Gasteiger partial charge in [0, 0.05) is 19.1 Å². The highest BCUT2D eigenvalue weighted by Gasteiger charge is 2.20. The number of likely N-dealkylation sites (tertiary alicyclic amines) is 1. The fraction of sp³-hybridized carbons (Fsp3) is 0.714. The van der Waals surface area contributed by atoms with E-state index in [9.17, 15) is 0 Å². The fourth-order valence-electron chi connectivity index (χ4n) is 4.05. The average Bonchev–Trinajstić information content (AvgIpc) is 3.07. The maximum atomic E-state index is 6.14. The molecule has 2 aliphatic rings. The molecule has 0 radical (unpaired) electrons. The summed E-state index contributed by atoms with van der Waals surface area (Å²) in [6, 6.07) is 0. The van der Waals surface area contributed by atoms with Gasteiger partial charge in [0.15, 0.2) is 0 Å². The average molecular weight is 395 g/mol. The molecule has 2 heterocycles. The molecule has 0 saturated carbocycles. The van der Waals surface area contributed by atoms with E-state index in [4.69, 9.17) is 15.5 Å². The Balaban J connectivity index is 0.00000261. The van der Waals surface area contributed by atoms with E-state index < -0.39 is 0 Å². The van der Waals surface area contributed by atoms with Gasteiger partial charge in [0.2, 0.25) is 0 Å². The fourth-order valence-corrected chi connectivity index (χ4v) is 4.05. The van der Waals surface area contributed by atoms with Crippen molar-refractivity contribution in [2.45, 2.75) is 64.2 Å². The Hall–Kier alpha value is -1.17. The number of unbranched alkanes of at least 4 members (excludes halogenated alkanes) is 3. The van der Waals surface area contributed by atoms with Crippen LogP contribution in [0.25, 0.3) is 5.57 Å². The highest BCUT2D eigenvalue weighted by Crippen LogP contribution is 2.32. The van der Waals surface area contributed by atoms with Crippen molar-refractivity contribution in [3.8, 4) is 0 Å². The van der Waals surface area contributed by atoms with Crippen LogP contribution in [0.15, 0.2) is 6.08 Å². The van der Waals surface area contributed by atoms with Crippen LogP contribution in [-0.4, -0.2) is 48.2 Å². The minimum atomic E-state index is 0. The molecule has 1 aromatic rings. The third kappa shape index (κ3) is 6.44. The predicted octanol–water partition coefficient (Wildman–Crippen LogP) is 4.05. The molecule has 3 rings (SSSR count). The molecule has 1 fully saturated rings. The minimum Gasteiger partial charge on any atom is -0.384 e. The molecule has 6 heteroatoms. The molecule has 0 bridgehead atoms. The lowest BCUT2D eigenvalue weighted by Gasteiger charge is -2.26. The molecular formula is C21H35ClN4O. The number of piperidine rings is 1. The quantitative estimate of drug-likeness (QED) is 0.606. The molecule has 2 N–H and O–H groups in total. The Morgan fingerprint density at radius 3 is 2.59 bits per heavy atom. The van der Waals surface area contributed by atoms with E-state index in [2.05, 4.69) is 16.0 Å². The Morgan fingerprint density at radius 2 is 1.81 bits per heavy atom. The lowest BCUT2D eigenvalue weighted by atomic mass is 10.0. The summed E-state index contributed by atoms with van der Waals surface area (Å²) < 4.78 is 5.14. The minimum absolute atomic E-state index is 0. The number of ether oxygens (including phenoxy) is 1. The number of aromatic nitrogens is 2. The van der Waals surface area contributed by atoms with E-state index >= 15 is 0 Å². The second-order valence-electron chi connectivity index (χ2n) is 7.60. The number of halogens is 1. The molecule has 1 aromatic heterocycles. The first-order valence-corrected chi connectivity index (χ1v) is 10.3. The number of fused-ring (bicyclic) bond motifs is 1. The Bertz CT molecular complexity index is 614. The van der Waals surface area contributed by atoms with Crippen molar-refractivity contribution in [3.05, 3.63) is 23.2 Å². The number of allylic oxidation sites excluding steroid dienone is 2. The molecule has 1 aliphatic heterocycles. The third-order valence-electron chi connectivity index (χ3n) is 5.59. The summed E-state index contributed by atoms with van der Waals surface area (Å²) in [7, 11) is 1.70.